The highest BCUT2D eigenvalue weighted by Crippen LogP contribution is 2.36. The molecule has 1 aliphatic heterocycles. The Labute approximate surface area is 234 Å². The zero-order valence-corrected chi connectivity index (χ0v) is 22.9. The first-order valence-corrected chi connectivity index (χ1v) is 13.4. The number of nitrogen functional groups attached to an aromatic ring is 1. The summed E-state index contributed by atoms with van der Waals surface area (Å²) in [6, 6.07) is 1.57. The molecule has 1 fully saturated rings. The molecule has 0 amide bonds. The van der Waals surface area contributed by atoms with E-state index in [9.17, 15) is 18.0 Å². The molecule has 1 aliphatic carbocycles. The Morgan fingerprint density at radius 3 is 2.68 bits per heavy atom. The van der Waals surface area contributed by atoms with Gasteiger partial charge in [0.05, 0.1) is 23.4 Å². The number of anilines is 3. The average Bonchev–Trinajstić information content (AvgIpc) is 3.55. The molecule has 5 rings (SSSR count). The second-order valence-corrected chi connectivity index (χ2v) is 10.5. The molecule has 0 radical (unpaired) electrons. The van der Waals surface area contributed by atoms with Crippen molar-refractivity contribution in [3.05, 3.63) is 51.6 Å². The number of aryl methyl sites for hydroxylation is 3. The maximum absolute atomic E-state index is 11.9. The van der Waals surface area contributed by atoms with E-state index in [-0.39, 0.29) is 17.4 Å². The molecular formula is C26H34F3N9O3. The van der Waals surface area contributed by atoms with Crippen molar-refractivity contribution in [2.45, 2.75) is 57.5 Å². The Bertz CT molecular complexity index is 1420. The highest BCUT2D eigenvalue weighted by atomic mass is 19.4. The molecule has 2 aliphatic rings. The van der Waals surface area contributed by atoms with Crippen molar-refractivity contribution in [3.63, 3.8) is 0 Å². The zero-order chi connectivity index (χ0) is 29.7. The van der Waals surface area contributed by atoms with Gasteiger partial charge in [-0.25, -0.2) is 19.7 Å². The Kier molecular flexibility index (Phi) is 9.13. The van der Waals surface area contributed by atoms with Crippen LogP contribution in [0, 0.1) is 5.92 Å². The molecule has 41 heavy (non-hydrogen) atoms. The Balaban J connectivity index is 0.000000493. The Hall–Kier alpha value is -4.17. The number of nitrogens with zero attached hydrogens (tertiary/aromatic N) is 6. The van der Waals surface area contributed by atoms with Gasteiger partial charge in [-0.1, -0.05) is 6.92 Å². The molecule has 0 saturated carbocycles. The molecule has 5 N–H and O–H groups in total. The van der Waals surface area contributed by atoms with E-state index in [1.54, 1.807) is 6.07 Å². The largest absolute Gasteiger partial charge is 0.490 e. The summed E-state index contributed by atoms with van der Waals surface area (Å²) in [6.45, 7) is 4.74. The molecule has 0 bridgehead atoms. The van der Waals surface area contributed by atoms with Crippen LogP contribution in [0.1, 0.15) is 54.7 Å². The average molecular weight is 578 g/mol. The van der Waals surface area contributed by atoms with Crippen LogP contribution in [0.15, 0.2) is 23.4 Å². The van der Waals surface area contributed by atoms with Gasteiger partial charge in [-0.05, 0) is 44.4 Å². The number of fused-ring (bicyclic) bond motifs is 1. The number of imidazole rings is 1. The van der Waals surface area contributed by atoms with Gasteiger partial charge in [-0.3, -0.25) is 9.78 Å². The molecule has 0 aromatic carbocycles. The van der Waals surface area contributed by atoms with E-state index < -0.39 is 12.1 Å². The monoisotopic (exact) mass is 577 g/mol. The van der Waals surface area contributed by atoms with Gasteiger partial charge in [-0.15, -0.1) is 0 Å². The number of carboxylic acid groups (broad SMARTS) is 1. The van der Waals surface area contributed by atoms with Crippen LogP contribution < -0.4 is 21.5 Å². The van der Waals surface area contributed by atoms with Crippen molar-refractivity contribution >= 4 is 23.7 Å². The summed E-state index contributed by atoms with van der Waals surface area (Å²) in [5.74, 6) is -0.0696. The third-order valence-corrected chi connectivity index (χ3v) is 7.08. The summed E-state index contributed by atoms with van der Waals surface area (Å²) >= 11 is 0. The van der Waals surface area contributed by atoms with E-state index in [4.69, 9.17) is 25.6 Å². The standard InChI is InChI=1S/C24H33N9O.C2HF3O2/c1-15-5-6-19-18(10-15)22(31-24(29-19)26-8-3-4-17-13-32(2)14-27-17)33-9-7-16(12-33)20-11-21(34)30-23(25)28-20;3-2(4,5)1(6)7/h11,13-16H,3-10,12H2,1-2H3,(H,26,29,31)(H3,25,28,30,34);(H,6,7). The quantitative estimate of drug-likeness (QED) is 0.307. The first-order valence-electron chi connectivity index (χ1n) is 13.4. The van der Waals surface area contributed by atoms with Crippen molar-refractivity contribution in [3.8, 4) is 0 Å². The normalized spacial score (nSPS) is 18.4. The minimum atomic E-state index is -5.08. The minimum Gasteiger partial charge on any atom is -0.475 e. The van der Waals surface area contributed by atoms with Crippen LogP contribution in [0.5, 0.6) is 0 Å². The second kappa shape index (κ2) is 12.6. The molecule has 2 unspecified atom stereocenters. The highest BCUT2D eigenvalue weighted by Gasteiger charge is 2.38. The van der Waals surface area contributed by atoms with Crippen molar-refractivity contribution in [2.24, 2.45) is 13.0 Å². The van der Waals surface area contributed by atoms with Crippen molar-refractivity contribution in [1.29, 1.82) is 0 Å². The topological polar surface area (TPSA) is 168 Å². The SMILES string of the molecule is CC1CCc2nc(NCCCc3cn(C)cn3)nc(N3CCC(c4cc(=O)[nH]c(N)n4)C3)c2C1.O=C(O)C(F)(F)F. The summed E-state index contributed by atoms with van der Waals surface area (Å²) in [6.07, 6.45) is 4.75. The molecule has 1 saturated heterocycles. The number of nitrogens with two attached hydrogens (primary N) is 1. The van der Waals surface area contributed by atoms with Crippen molar-refractivity contribution < 1.29 is 23.1 Å². The maximum atomic E-state index is 11.9. The highest BCUT2D eigenvalue weighted by molar-refractivity contribution is 5.73. The predicted octanol–water partition coefficient (Wildman–Crippen LogP) is 2.67. The fourth-order valence-corrected chi connectivity index (χ4v) is 5.07. The van der Waals surface area contributed by atoms with Gasteiger partial charge >= 0.3 is 12.1 Å². The number of alkyl halides is 3. The lowest BCUT2D eigenvalue weighted by Gasteiger charge is -2.28. The fourth-order valence-electron chi connectivity index (χ4n) is 5.07. The van der Waals surface area contributed by atoms with Gasteiger partial charge in [0.1, 0.15) is 5.82 Å². The molecule has 3 aromatic rings. The number of nitrogens with one attached hydrogen (secondary N) is 2. The Morgan fingerprint density at radius 2 is 2.02 bits per heavy atom. The predicted molar refractivity (Wildman–Crippen MR) is 146 cm³/mol. The lowest BCUT2D eigenvalue weighted by molar-refractivity contribution is -0.192. The van der Waals surface area contributed by atoms with Crippen LogP contribution in [0.3, 0.4) is 0 Å². The first-order chi connectivity index (χ1) is 19.4. The van der Waals surface area contributed by atoms with Crippen molar-refractivity contribution in [2.75, 3.05) is 35.6 Å². The van der Waals surface area contributed by atoms with E-state index in [0.29, 0.717) is 11.9 Å². The van der Waals surface area contributed by atoms with Gasteiger partial charge < -0.3 is 25.6 Å². The minimum absolute atomic E-state index is 0.158. The number of rotatable bonds is 7. The van der Waals surface area contributed by atoms with Gasteiger partial charge in [0.25, 0.3) is 5.56 Å². The van der Waals surface area contributed by atoms with Gasteiger partial charge in [0.15, 0.2) is 0 Å². The number of halogens is 3. The van der Waals surface area contributed by atoms with Crippen LogP contribution in [0.4, 0.5) is 30.9 Å². The van der Waals surface area contributed by atoms with E-state index in [1.165, 1.54) is 5.56 Å². The summed E-state index contributed by atoms with van der Waals surface area (Å²) in [7, 11) is 1.99. The molecule has 4 heterocycles. The molecule has 222 valence electrons. The summed E-state index contributed by atoms with van der Waals surface area (Å²) in [4.78, 5) is 44.3. The van der Waals surface area contributed by atoms with Gasteiger partial charge in [-0.2, -0.15) is 18.2 Å². The van der Waals surface area contributed by atoms with Crippen LogP contribution in [-0.2, 0) is 31.1 Å². The van der Waals surface area contributed by atoms with Crippen LogP contribution in [0.25, 0.3) is 0 Å². The van der Waals surface area contributed by atoms with E-state index in [1.807, 2.05) is 17.9 Å². The third-order valence-electron chi connectivity index (χ3n) is 7.08. The second-order valence-electron chi connectivity index (χ2n) is 10.5. The number of aromatic amines is 1. The molecule has 3 aromatic heterocycles. The van der Waals surface area contributed by atoms with Crippen molar-refractivity contribution in [1.82, 2.24) is 29.5 Å². The maximum Gasteiger partial charge on any atom is 0.490 e. The number of hydrogen-bond acceptors (Lipinski definition) is 9. The number of aliphatic carboxylic acids is 1. The number of carbonyl (C=O) groups is 1. The van der Waals surface area contributed by atoms with Gasteiger partial charge in [0.2, 0.25) is 11.9 Å². The molecule has 0 spiro atoms. The lowest BCUT2D eigenvalue weighted by atomic mass is 9.88. The Morgan fingerprint density at radius 1 is 1.27 bits per heavy atom. The summed E-state index contributed by atoms with van der Waals surface area (Å²) < 4.78 is 33.7. The van der Waals surface area contributed by atoms with Crippen LogP contribution >= 0.6 is 0 Å². The van der Waals surface area contributed by atoms with E-state index in [0.717, 1.165) is 81.1 Å². The third kappa shape index (κ3) is 7.95. The van der Waals surface area contributed by atoms with Crippen LogP contribution in [0.2, 0.25) is 0 Å². The van der Waals surface area contributed by atoms with Crippen LogP contribution in [-0.4, -0.2) is 66.4 Å². The van der Waals surface area contributed by atoms with E-state index >= 15 is 0 Å². The zero-order valence-electron chi connectivity index (χ0n) is 22.9. The number of carboxylic acids is 1. The lowest BCUT2D eigenvalue weighted by Crippen LogP contribution is -2.27. The fraction of sp³-hybridized carbons (Fsp3) is 0.538. The number of hydrogen-bond donors (Lipinski definition) is 4. The van der Waals surface area contributed by atoms with E-state index in [2.05, 4.69) is 38.3 Å². The van der Waals surface area contributed by atoms with Gasteiger partial charge in [0, 0.05) is 50.4 Å². The summed E-state index contributed by atoms with van der Waals surface area (Å²) in [5, 5.41) is 10.6. The molecule has 2 atom stereocenters. The smallest absolute Gasteiger partial charge is 0.475 e. The molecule has 12 nitrogen and oxygen atoms in total. The molecular weight excluding hydrogens is 543 g/mol. The summed E-state index contributed by atoms with van der Waals surface area (Å²) in [5.41, 5.74) is 9.87. The first kappa shape index (κ1) is 29.8. The number of H-pyrrole nitrogens is 1. The number of aromatic nitrogens is 6. The molecule has 15 heteroatoms.